The highest BCUT2D eigenvalue weighted by Crippen LogP contribution is 2.43. The van der Waals surface area contributed by atoms with E-state index >= 15 is 0 Å². The minimum absolute atomic E-state index is 0.0220. The second-order valence-corrected chi connectivity index (χ2v) is 9.62. The molecule has 1 aliphatic heterocycles. The molecule has 7 heteroatoms. The van der Waals surface area contributed by atoms with E-state index in [2.05, 4.69) is 22.4 Å². The van der Waals surface area contributed by atoms with E-state index in [0.717, 1.165) is 28.2 Å². The summed E-state index contributed by atoms with van der Waals surface area (Å²) < 4.78 is 2.01. The van der Waals surface area contributed by atoms with Crippen LogP contribution < -0.4 is 10.2 Å². The smallest absolute Gasteiger partial charge is 0.228 e. The Kier molecular flexibility index (Phi) is 6.27. The van der Waals surface area contributed by atoms with Gasteiger partial charge in [-0.2, -0.15) is 0 Å². The maximum absolute atomic E-state index is 13.3. The van der Waals surface area contributed by atoms with E-state index in [-0.39, 0.29) is 24.3 Å². The lowest BCUT2D eigenvalue weighted by Crippen LogP contribution is -2.35. The Morgan fingerprint density at radius 3 is 2.53 bits per heavy atom. The Labute approximate surface area is 202 Å². The molecule has 2 aromatic heterocycles. The molecule has 172 valence electrons. The third-order valence-electron chi connectivity index (χ3n) is 6.22. The number of aryl methyl sites for hydroxylation is 1. The second-order valence-electron chi connectivity index (χ2n) is 8.64. The van der Waals surface area contributed by atoms with Crippen LogP contribution in [0.3, 0.4) is 0 Å². The van der Waals surface area contributed by atoms with Crippen LogP contribution in [0, 0.1) is 12.8 Å². The van der Waals surface area contributed by atoms with Gasteiger partial charge in [-0.15, -0.1) is 11.3 Å². The molecule has 5 rings (SSSR count). The molecule has 0 unspecified atom stereocenters. The average molecular weight is 471 g/mol. The van der Waals surface area contributed by atoms with Gasteiger partial charge in [0.25, 0.3) is 0 Å². The lowest BCUT2D eigenvalue weighted by atomic mass is 9.97. The maximum atomic E-state index is 13.3. The summed E-state index contributed by atoms with van der Waals surface area (Å²) in [5.41, 5.74) is 4.15. The monoisotopic (exact) mass is 470 g/mol. The van der Waals surface area contributed by atoms with Gasteiger partial charge in [0.15, 0.2) is 0 Å². The summed E-state index contributed by atoms with van der Waals surface area (Å²) in [5, 5.41) is 5.06. The Balaban J connectivity index is 1.29. The van der Waals surface area contributed by atoms with Crippen molar-refractivity contribution in [2.45, 2.75) is 32.5 Å². The molecule has 0 spiro atoms. The van der Waals surface area contributed by atoms with Crippen molar-refractivity contribution in [2.24, 2.45) is 5.92 Å². The zero-order valence-corrected chi connectivity index (χ0v) is 19.7. The van der Waals surface area contributed by atoms with Crippen molar-refractivity contribution in [2.75, 3.05) is 4.90 Å². The highest BCUT2D eigenvalue weighted by atomic mass is 32.1. The van der Waals surface area contributed by atoms with Crippen LogP contribution in [0.5, 0.6) is 0 Å². The van der Waals surface area contributed by atoms with Crippen LogP contribution in [0.1, 0.15) is 34.0 Å². The number of imidazole rings is 1. The first kappa shape index (κ1) is 22.1. The van der Waals surface area contributed by atoms with Crippen molar-refractivity contribution >= 4 is 28.8 Å². The predicted octanol–water partition coefficient (Wildman–Crippen LogP) is 4.71. The molecule has 0 radical (unpaired) electrons. The standard InChI is InChI=1S/C27H26N4O2S/c1-19-4-10-22(11-5-19)31-25(32)15-23(26(31)24-3-2-14-34-24)27(33)29-16-20-6-8-21(9-7-20)17-30-13-12-28-18-30/h2-14,18,23,26H,15-17H2,1H3,(H,29,33)/t23-,26+/m1/s1. The molecule has 2 amide bonds. The van der Waals surface area contributed by atoms with Crippen LogP contribution >= 0.6 is 11.3 Å². The van der Waals surface area contributed by atoms with Crippen molar-refractivity contribution in [3.63, 3.8) is 0 Å². The van der Waals surface area contributed by atoms with E-state index in [1.807, 2.05) is 71.6 Å². The molecule has 1 fully saturated rings. The van der Waals surface area contributed by atoms with Crippen LogP contribution in [0.25, 0.3) is 0 Å². The zero-order valence-electron chi connectivity index (χ0n) is 18.9. The van der Waals surface area contributed by atoms with Crippen molar-refractivity contribution in [1.29, 1.82) is 0 Å². The lowest BCUT2D eigenvalue weighted by Gasteiger charge is -2.27. The number of carbonyl (C=O) groups excluding carboxylic acids is 2. The number of benzene rings is 2. The highest BCUT2D eigenvalue weighted by molar-refractivity contribution is 7.10. The molecular formula is C27H26N4O2S. The fraction of sp³-hybridized carbons (Fsp3) is 0.222. The Bertz CT molecular complexity index is 1250. The molecular weight excluding hydrogens is 444 g/mol. The van der Waals surface area contributed by atoms with E-state index in [0.29, 0.717) is 6.54 Å². The molecule has 6 nitrogen and oxygen atoms in total. The molecule has 2 atom stereocenters. The number of thiophene rings is 1. The third kappa shape index (κ3) is 4.65. The Hall–Kier alpha value is -3.71. The summed E-state index contributed by atoms with van der Waals surface area (Å²) in [6, 6.07) is 19.8. The number of carbonyl (C=O) groups is 2. The molecule has 3 heterocycles. The SMILES string of the molecule is Cc1ccc(N2C(=O)C[C@@H](C(=O)NCc3ccc(Cn4ccnc4)cc3)[C@H]2c2cccs2)cc1. The summed E-state index contributed by atoms with van der Waals surface area (Å²) in [7, 11) is 0. The number of rotatable bonds is 7. The molecule has 1 N–H and O–H groups in total. The second kappa shape index (κ2) is 9.65. The number of nitrogens with one attached hydrogen (secondary N) is 1. The predicted molar refractivity (Wildman–Crippen MR) is 133 cm³/mol. The first-order valence-corrected chi connectivity index (χ1v) is 12.2. The number of hydrogen-bond donors (Lipinski definition) is 1. The molecule has 34 heavy (non-hydrogen) atoms. The fourth-order valence-corrected chi connectivity index (χ4v) is 5.32. The first-order valence-electron chi connectivity index (χ1n) is 11.3. The minimum Gasteiger partial charge on any atom is -0.352 e. The Morgan fingerprint density at radius 1 is 1.09 bits per heavy atom. The number of amides is 2. The molecule has 1 aliphatic rings. The molecule has 1 saturated heterocycles. The van der Waals surface area contributed by atoms with E-state index in [1.54, 1.807) is 28.8 Å². The van der Waals surface area contributed by atoms with Gasteiger partial charge in [0, 0.05) is 42.5 Å². The Morgan fingerprint density at radius 2 is 1.85 bits per heavy atom. The average Bonchev–Trinajstić information content (AvgIpc) is 3.61. The molecule has 2 aromatic carbocycles. The first-order chi connectivity index (χ1) is 16.6. The van der Waals surface area contributed by atoms with E-state index in [1.165, 1.54) is 5.56 Å². The summed E-state index contributed by atoms with van der Waals surface area (Å²) >= 11 is 1.58. The number of aromatic nitrogens is 2. The van der Waals surface area contributed by atoms with E-state index in [9.17, 15) is 9.59 Å². The van der Waals surface area contributed by atoms with Gasteiger partial charge in [0.1, 0.15) is 0 Å². The summed E-state index contributed by atoms with van der Waals surface area (Å²) in [6.07, 6.45) is 5.69. The van der Waals surface area contributed by atoms with Crippen LogP contribution in [0.15, 0.2) is 84.8 Å². The van der Waals surface area contributed by atoms with Crippen molar-refractivity contribution < 1.29 is 9.59 Å². The van der Waals surface area contributed by atoms with Crippen LogP contribution in [0.2, 0.25) is 0 Å². The van der Waals surface area contributed by atoms with Gasteiger partial charge < -0.3 is 14.8 Å². The van der Waals surface area contributed by atoms with Crippen molar-refractivity contribution in [1.82, 2.24) is 14.9 Å². The summed E-state index contributed by atoms with van der Waals surface area (Å²) in [5.74, 6) is -0.553. The summed E-state index contributed by atoms with van der Waals surface area (Å²) in [6.45, 7) is 3.21. The maximum Gasteiger partial charge on any atom is 0.228 e. The van der Waals surface area contributed by atoms with Crippen LogP contribution in [-0.4, -0.2) is 21.4 Å². The van der Waals surface area contributed by atoms with E-state index < -0.39 is 5.92 Å². The van der Waals surface area contributed by atoms with Gasteiger partial charge in [0.2, 0.25) is 11.8 Å². The van der Waals surface area contributed by atoms with Gasteiger partial charge in [-0.3, -0.25) is 9.59 Å². The largest absolute Gasteiger partial charge is 0.352 e. The van der Waals surface area contributed by atoms with Crippen molar-refractivity contribution in [3.05, 3.63) is 106 Å². The molecule has 0 saturated carbocycles. The topological polar surface area (TPSA) is 67.2 Å². The molecule has 0 aliphatic carbocycles. The van der Waals surface area contributed by atoms with Crippen LogP contribution in [-0.2, 0) is 22.7 Å². The van der Waals surface area contributed by atoms with Gasteiger partial charge in [-0.25, -0.2) is 4.98 Å². The molecule has 0 bridgehead atoms. The normalized spacial score (nSPS) is 17.8. The van der Waals surface area contributed by atoms with Gasteiger partial charge in [-0.1, -0.05) is 48.0 Å². The highest BCUT2D eigenvalue weighted by Gasteiger charge is 2.45. The third-order valence-corrected chi connectivity index (χ3v) is 7.16. The molecule has 4 aromatic rings. The van der Waals surface area contributed by atoms with Crippen molar-refractivity contribution in [3.8, 4) is 0 Å². The fourth-order valence-electron chi connectivity index (χ4n) is 4.44. The van der Waals surface area contributed by atoms with Gasteiger partial charge in [0.05, 0.1) is 18.3 Å². The van der Waals surface area contributed by atoms with Gasteiger partial charge >= 0.3 is 0 Å². The summed E-state index contributed by atoms with van der Waals surface area (Å²) in [4.78, 5) is 33.2. The number of anilines is 1. The van der Waals surface area contributed by atoms with Crippen LogP contribution in [0.4, 0.5) is 5.69 Å². The van der Waals surface area contributed by atoms with E-state index in [4.69, 9.17) is 0 Å². The number of hydrogen-bond acceptors (Lipinski definition) is 4. The quantitative estimate of drug-likeness (QED) is 0.425. The minimum atomic E-state index is -0.437. The lowest BCUT2D eigenvalue weighted by molar-refractivity contribution is -0.126. The number of nitrogens with zero attached hydrogens (tertiary/aromatic N) is 3. The zero-order chi connectivity index (χ0) is 23.5. The van der Waals surface area contributed by atoms with Gasteiger partial charge in [-0.05, 0) is 41.6 Å².